The van der Waals surface area contributed by atoms with Crippen LogP contribution in [0.2, 0.25) is 0 Å². The van der Waals surface area contributed by atoms with Crippen molar-refractivity contribution >= 4 is 10.0 Å². The Morgan fingerprint density at radius 1 is 1.32 bits per heavy atom. The summed E-state index contributed by atoms with van der Waals surface area (Å²) in [4.78, 5) is 0.239. The molecule has 5 nitrogen and oxygen atoms in total. The molecule has 0 saturated carbocycles. The minimum Gasteiger partial charge on any atom is -0.389 e. The first-order valence-corrected chi connectivity index (χ1v) is 7.43. The highest BCUT2D eigenvalue weighted by Crippen LogP contribution is 2.18. The second kappa shape index (κ2) is 6.47. The van der Waals surface area contributed by atoms with Crippen molar-refractivity contribution in [2.24, 2.45) is 0 Å². The molecular weight excluding hydrogens is 266 g/mol. The summed E-state index contributed by atoms with van der Waals surface area (Å²) in [5.74, 6) is 0. The van der Waals surface area contributed by atoms with E-state index in [2.05, 4.69) is 0 Å². The van der Waals surface area contributed by atoms with Gasteiger partial charge in [-0.25, -0.2) is 8.42 Å². The first kappa shape index (κ1) is 16.1. The summed E-state index contributed by atoms with van der Waals surface area (Å²) in [7, 11) is -0.667. The zero-order valence-electron chi connectivity index (χ0n) is 11.8. The maximum absolute atomic E-state index is 12.3. The number of ether oxygens (including phenoxy) is 1. The van der Waals surface area contributed by atoms with E-state index in [1.807, 2.05) is 13.8 Å². The molecule has 0 bridgehead atoms. The van der Waals surface area contributed by atoms with Crippen LogP contribution in [0.25, 0.3) is 0 Å². The van der Waals surface area contributed by atoms with Gasteiger partial charge in [0, 0.05) is 20.7 Å². The largest absolute Gasteiger partial charge is 0.389 e. The number of methoxy groups -OCH3 is 1. The lowest BCUT2D eigenvalue weighted by Crippen LogP contribution is -2.36. The number of hydrogen-bond donors (Lipinski definition) is 1. The molecule has 0 fully saturated rings. The molecule has 1 aromatic rings. The fourth-order valence-corrected chi connectivity index (χ4v) is 2.99. The molecule has 0 saturated heterocycles. The van der Waals surface area contributed by atoms with Gasteiger partial charge in [0.2, 0.25) is 10.0 Å². The molecule has 19 heavy (non-hydrogen) atoms. The lowest BCUT2D eigenvalue weighted by Gasteiger charge is -2.20. The molecule has 108 valence electrons. The molecule has 0 radical (unpaired) electrons. The molecule has 1 rings (SSSR count). The van der Waals surface area contributed by atoms with Gasteiger partial charge in [0.15, 0.2) is 0 Å². The Bertz CT molecular complexity index is 527. The summed E-state index contributed by atoms with van der Waals surface area (Å²) < 4.78 is 30.5. The number of nitrogens with zero attached hydrogens (tertiary/aromatic N) is 1. The van der Waals surface area contributed by atoms with Crippen LogP contribution in [0.15, 0.2) is 23.1 Å². The second-order valence-electron chi connectivity index (χ2n) is 4.64. The summed E-state index contributed by atoms with van der Waals surface area (Å²) in [5, 5.41) is 9.60. The Labute approximate surface area is 114 Å². The summed E-state index contributed by atoms with van der Waals surface area (Å²) in [6.45, 7) is 3.90. The van der Waals surface area contributed by atoms with Gasteiger partial charge in [0.25, 0.3) is 0 Å². The highest BCUT2D eigenvalue weighted by Gasteiger charge is 2.23. The Kier molecular flexibility index (Phi) is 5.49. The number of aliphatic hydroxyl groups is 1. The standard InChI is InChI=1S/C13H21NO4S/c1-10-5-6-13(7-11(10)2)19(16,17)14(3)8-12(15)9-18-4/h5-7,12,15H,8-9H2,1-4H3. The van der Waals surface area contributed by atoms with Crippen LogP contribution in [-0.4, -0.2) is 51.2 Å². The van der Waals surface area contributed by atoms with Crippen molar-refractivity contribution in [3.63, 3.8) is 0 Å². The summed E-state index contributed by atoms with van der Waals surface area (Å²) in [6, 6.07) is 5.00. The van der Waals surface area contributed by atoms with Gasteiger partial charge in [-0.2, -0.15) is 4.31 Å². The smallest absolute Gasteiger partial charge is 0.242 e. The number of rotatable bonds is 6. The predicted octanol–water partition coefficient (Wildman–Crippen LogP) is 0.931. The Balaban J connectivity index is 2.93. The third-order valence-electron chi connectivity index (χ3n) is 3.01. The molecule has 0 aliphatic rings. The van der Waals surface area contributed by atoms with Crippen molar-refractivity contribution in [1.29, 1.82) is 0 Å². The van der Waals surface area contributed by atoms with Crippen LogP contribution in [-0.2, 0) is 14.8 Å². The molecule has 0 aromatic heterocycles. The molecule has 1 aromatic carbocycles. The van der Waals surface area contributed by atoms with Gasteiger partial charge in [-0.05, 0) is 37.1 Å². The van der Waals surface area contributed by atoms with E-state index in [1.165, 1.54) is 14.2 Å². The molecule has 0 aliphatic heterocycles. The molecule has 6 heteroatoms. The van der Waals surface area contributed by atoms with E-state index in [1.54, 1.807) is 18.2 Å². The highest BCUT2D eigenvalue weighted by molar-refractivity contribution is 7.89. The topological polar surface area (TPSA) is 66.8 Å². The summed E-state index contributed by atoms with van der Waals surface area (Å²) in [6.07, 6.45) is -0.837. The average molecular weight is 287 g/mol. The van der Waals surface area contributed by atoms with Crippen molar-refractivity contribution in [1.82, 2.24) is 4.31 Å². The van der Waals surface area contributed by atoms with Gasteiger partial charge in [-0.1, -0.05) is 6.07 Å². The van der Waals surface area contributed by atoms with Crippen molar-refractivity contribution in [2.45, 2.75) is 24.8 Å². The summed E-state index contributed by atoms with van der Waals surface area (Å²) in [5.41, 5.74) is 1.97. The van der Waals surface area contributed by atoms with E-state index in [0.717, 1.165) is 15.4 Å². The molecule has 0 amide bonds. The predicted molar refractivity (Wildman–Crippen MR) is 73.6 cm³/mol. The number of hydrogen-bond acceptors (Lipinski definition) is 4. The number of sulfonamides is 1. The molecule has 1 unspecified atom stereocenters. The number of aryl methyl sites for hydroxylation is 2. The highest BCUT2D eigenvalue weighted by atomic mass is 32.2. The Hall–Kier alpha value is -0.950. The normalized spacial score (nSPS) is 13.8. The molecule has 0 spiro atoms. The van der Waals surface area contributed by atoms with Crippen molar-refractivity contribution in [2.75, 3.05) is 27.3 Å². The quantitative estimate of drug-likeness (QED) is 0.845. The number of benzene rings is 1. The molecule has 0 heterocycles. The van der Waals surface area contributed by atoms with Crippen molar-refractivity contribution in [3.05, 3.63) is 29.3 Å². The van der Waals surface area contributed by atoms with E-state index < -0.39 is 16.1 Å². The maximum Gasteiger partial charge on any atom is 0.242 e. The fraction of sp³-hybridized carbons (Fsp3) is 0.538. The lowest BCUT2D eigenvalue weighted by atomic mass is 10.1. The first-order chi connectivity index (χ1) is 8.78. The fourth-order valence-electron chi connectivity index (χ4n) is 1.69. The lowest BCUT2D eigenvalue weighted by molar-refractivity contribution is 0.0554. The van der Waals surface area contributed by atoms with E-state index in [0.29, 0.717) is 0 Å². The SMILES string of the molecule is COCC(O)CN(C)S(=O)(=O)c1ccc(C)c(C)c1. The van der Waals surface area contributed by atoms with E-state index in [4.69, 9.17) is 4.74 Å². The zero-order chi connectivity index (χ0) is 14.6. The summed E-state index contributed by atoms with van der Waals surface area (Å²) >= 11 is 0. The first-order valence-electron chi connectivity index (χ1n) is 5.99. The van der Waals surface area contributed by atoms with Crippen LogP contribution >= 0.6 is 0 Å². The van der Waals surface area contributed by atoms with Crippen LogP contribution in [0.3, 0.4) is 0 Å². The molecular formula is C13H21NO4S. The zero-order valence-corrected chi connectivity index (χ0v) is 12.6. The molecule has 1 atom stereocenters. The van der Waals surface area contributed by atoms with Crippen LogP contribution in [0, 0.1) is 13.8 Å². The number of likely N-dealkylation sites (N-methyl/N-ethyl adjacent to an activating group) is 1. The average Bonchev–Trinajstić information content (AvgIpc) is 2.32. The monoisotopic (exact) mass is 287 g/mol. The van der Waals surface area contributed by atoms with E-state index in [9.17, 15) is 13.5 Å². The third-order valence-corrected chi connectivity index (χ3v) is 4.83. The van der Waals surface area contributed by atoms with Gasteiger partial charge in [-0.3, -0.25) is 0 Å². The minimum atomic E-state index is -3.57. The van der Waals surface area contributed by atoms with Crippen LogP contribution in [0.1, 0.15) is 11.1 Å². The number of aliphatic hydroxyl groups excluding tert-OH is 1. The van der Waals surface area contributed by atoms with Gasteiger partial charge in [0.05, 0.1) is 17.6 Å². The van der Waals surface area contributed by atoms with Crippen LogP contribution in [0.4, 0.5) is 0 Å². The minimum absolute atomic E-state index is 0.00307. The molecule has 0 aliphatic carbocycles. The van der Waals surface area contributed by atoms with Crippen molar-refractivity contribution in [3.8, 4) is 0 Å². The second-order valence-corrected chi connectivity index (χ2v) is 6.69. The molecule has 1 N–H and O–H groups in total. The van der Waals surface area contributed by atoms with Gasteiger partial charge < -0.3 is 9.84 Å². The van der Waals surface area contributed by atoms with Crippen LogP contribution < -0.4 is 0 Å². The van der Waals surface area contributed by atoms with E-state index in [-0.39, 0.29) is 18.0 Å². The van der Waals surface area contributed by atoms with Gasteiger partial charge >= 0.3 is 0 Å². The van der Waals surface area contributed by atoms with Gasteiger partial charge in [-0.15, -0.1) is 0 Å². The maximum atomic E-state index is 12.3. The Morgan fingerprint density at radius 2 is 1.95 bits per heavy atom. The van der Waals surface area contributed by atoms with Gasteiger partial charge in [0.1, 0.15) is 0 Å². The third kappa shape index (κ3) is 4.01. The van der Waals surface area contributed by atoms with Crippen molar-refractivity contribution < 1.29 is 18.3 Å². The van der Waals surface area contributed by atoms with E-state index >= 15 is 0 Å². The van der Waals surface area contributed by atoms with Crippen LogP contribution in [0.5, 0.6) is 0 Å². The Morgan fingerprint density at radius 3 is 2.47 bits per heavy atom.